The van der Waals surface area contributed by atoms with Crippen LogP contribution in [0.25, 0.3) is 5.69 Å². The Morgan fingerprint density at radius 1 is 1.26 bits per heavy atom. The van der Waals surface area contributed by atoms with Gasteiger partial charge in [0.2, 0.25) is 0 Å². The fourth-order valence-corrected chi connectivity index (χ4v) is 1.90. The molecule has 1 aromatic carbocycles. The zero-order valence-electron chi connectivity index (χ0n) is 10.3. The molecule has 2 rings (SSSR count). The number of carbonyl (C=O) groups is 1. The molecular formula is C13H11F3N2O. The average Bonchev–Trinajstić information content (AvgIpc) is 2.70. The van der Waals surface area contributed by atoms with Crippen LogP contribution in [0.3, 0.4) is 0 Å². The lowest BCUT2D eigenvalue weighted by Gasteiger charge is -2.13. The van der Waals surface area contributed by atoms with Crippen LogP contribution in [0.15, 0.2) is 30.5 Å². The molecule has 0 aliphatic rings. The van der Waals surface area contributed by atoms with Crippen LogP contribution in [0.5, 0.6) is 0 Å². The second-order valence-corrected chi connectivity index (χ2v) is 4.13. The predicted octanol–water partition coefficient (Wildman–Crippen LogP) is 3.40. The smallest absolute Gasteiger partial charge is 0.294 e. The zero-order valence-corrected chi connectivity index (χ0v) is 10.3. The first kappa shape index (κ1) is 13.3. The highest BCUT2D eigenvalue weighted by molar-refractivity contribution is 5.95. The lowest BCUT2D eigenvalue weighted by molar-refractivity contribution is -0.137. The van der Waals surface area contributed by atoms with Gasteiger partial charge >= 0.3 is 6.18 Å². The van der Waals surface area contributed by atoms with E-state index >= 15 is 0 Å². The fraction of sp³-hybridized carbons (Fsp3) is 0.231. The number of rotatable bonds is 2. The van der Waals surface area contributed by atoms with Crippen molar-refractivity contribution in [1.82, 2.24) is 9.78 Å². The standard InChI is InChI=1S/C13H11F3N2O/c1-8-10(9(2)19)7-17-18(8)12-6-4-3-5-11(12)13(14,15)16/h3-7H,1-2H3. The Kier molecular flexibility index (Phi) is 3.18. The van der Waals surface area contributed by atoms with Gasteiger partial charge in [0, 0.05) is 0 Å². The average molecular weight is 268 g/mol. The molecule has 100 valence electrons. The summed E-state index contributed by atoms with van der Waals surface area (Å²) >= 11 is 0. The lowest BCUT2D eigenvalue weighted by atomic mass is 10.1. The van der Waals surface area contributed by atoms with E-state index in [1.807, 2.05) is 0 Å². The number of alkyl halides is 3. The third-order valence-electron chi connectivity index (χ3n) is 2.83. The summed E-state index contributed by atoms with van der Waals surface area (Å²) in [6.45, 7) is 2.92. The van der Waals surface area contributed by atoms with Crippen molar-refractivity contribution in [2.75, 3.05) is 0 Å². The number of ketones is 1. The second kappa shape index (κ2) is 4.53. The van der Waals surface area contributed by atoms with E-state index in [1.54, 1.807) is 6.92 Å². The van der Waals surface area contributed by atoms with Crippen molar-refractivity contribution in [1.29, 1.82) is 0 Å². The quantitative estimate of drug-likeness (QED) is 0.782. The van der Waals surface area contributed by atoms with Crippen molar-refractivity contribution in [3.05, 3.63) is 47.3 Å². The minimum atomic E-state index is -4.47. The number of halogens is 3. The van der Waals surface area contributed by atoms with Gasteiger partial charge in [0.25, 0.3) is 0 Å². The summed E-state index contributed by atoms with van der Waals surface area (Å²) in [5.74, 6) is -0.228. The SMILES string of the molecule is CC(=O)c1cnn(-c2ccccc2C(F)(F)F)c1C. The highest BCUT2D eigenvalue weighted by Gasteiger charge is 2.34. The summed E-state index contributed by atoms with van der Waals surface area (Å²) < 4.78 is 39.9. The van der Waals surface area contributed by atoms with Crippen LogP contribution in [0.4, 0.5) is 13.2 Å². The zero-order chi connectivity index (χ0) is 14.2. The molecule has 0 N–H and O–H groups in total. The summed E-state index contributed by atoms with van der Waals surface area (Å²) in [5.41, 5.74) is -0.155. The first-order chi connectivity index (χ1) is 8.82. The van der Waals surface area contributed by atoms with Gasteiger partial charge in [-0.25, -0.2) is 4.68 Å². The van der Waals surface area contributed by atoms with Crippen LogP contribution in [-0.2, 0) is 6.18 Å². The van der Waals surface area contributed by atoms with Crippen molar-refractivity contribution >= 4 is 5.78 Å². The molecule has 1 heterocycles. The van der Waals surface area contributed by atoms with Crippen LogP contribution in [0.2, 0.25) is 0 Å². The number of Topliss-reactive ketones (excluding diaryl/α,β-unsaturated/α-hetero) is 1. The minimum Gasteiger partial charge on any atom is -0.294 e. The number of para-hydroxylation sites is 1. The Labute approximate surface area is 107 Å². The topological polar surface area (TPSA) is 34.9 Å². The third kappa shape index (κ3) is 2.38. The monoisotopic (exact) mass is 268 g/mol. The van der Waals surface area contributed by atoms with Gasteiger partial charge in [-0.1, -0.05) is 12.1 Å². The molecule has 0 unspecified atom stereocenters. The van der Waals surface area contributed by atoms with E-state index in [4.69, 9.17) is 0 Å². The van der Waals surface area contributed by atoms with E-state index in [-0.39, 0.29) is 11.5 Å². The molecule has 0 atom stereocenters. The third-order valence-corrected chi connectivity index (χ3v) is 2.83. The Morgan fingerprint density at radius 2 is 1.89 bits per heavy atom. The molecule has 0 amide bonds. The van der Waals surface area contributed by atoms with Gasteiger partial charge in [-0.05, 0) is 26.0 Å². The van der Waals surface area contributed by atoms with Crippen LogP contribution < -0.4 is 0 Å². The molecule has 0 spiro atoms. The molecule has 0 radical (unpaired) electrons. The number of hydrogen-bond acceptors (Lipinski definition) is 2. The van der Waals surface area contributed by atoms with Crippen molar-refractivity contribution in [2.24, 2.45) is 0 Å². The normalized spacial score (nSPS) is 11.6. The molecule has 0 aliphatic heterocycles. The highest BCUT2D eigenvalue weighted by atomic mass is 19.4. The molecule has 3 nitrogen and oxygen atoms in total. The van der Waals surface area contributed by atoms with E-state index in [1.165, 1.54) is 31.3 Å². The lowest BCUT2D eigenvalue weighted by Crippen LogP contribution is -2.12. The second-order valence-electron chi connectivity index (χ2n) is 4.13. The van der Waals surface area contributed by atoms with Gasteiger partial charge < -0.3 is 0 Å². The molecule has 19 heavy (non-hydrogen) atoms. The van der Waals surface area contributed by atoms with Gasteiger partial charge in [-0.15, -0.1) is 0 Å². The number of hydrogen-bond donors (Lipinski definition) is 0. The summed E-state index contributed by atoms with van der Waals surface area (Å²) in [6.07, 6.45) is -3.18. The molecule has 6 heteroatoms. The molecule has 0 saturated heterocycles. The fourth-order valence-electron chi connectivity index (χ4n) is 1.90. The Bertz CT molecular complexity index is 629. The van der Waals surface area contributed by atoms with Crippen molar-refractivity contribution in [3.63, 3.8) is 0 Å². The van der Waals surface area contributed by atoms with E-state index in [2.05, 4.69) is 5.10 Å². The summed E-state index contributed by atoms with van der Waals surface area (Å²) in [6, 6.07) is 5.13. The van der Waals surface area contributed by atoms with Crippen LogP contribution in [-0.4, -0.2) is 15.6 Å². The van der Waals surface area contributed by atoms with Gasteiger partial charge in [0.15, 0.2) is 5.78 Å². The molecule has 0 aliphatic carbocycles. The molecule has 0 fully saturated rings. The summed E-state index contributed by atoms with van der Waals surface area (Å²) in [5, 5.41) is 3.88. The van der Waals surface area contributed by atoms with Crippen LogP contribution in [0.1, 0.15) is 28.5 Å². The van der Waals surface area contributed by atoms with Crippen molar-refractivity contribution in [3.8, 4) is 5.69 Å². The number of benzene rings is 1. The van der Waals surface area contributed by atoms with Crippen molar-refractivity contribution in [2.45, 2.75) is 20.0 Å². The number of carbonyl (C=O) groups excluding carboxylic acids is 1. The Balaban J connectivity index is 2.64. The number of aromatic nitrogens is 2. The molecule has 2 aromatic rings. The van der Waals surface area contributed by atoms with Crippen LogP contribution >= 0.6 is 0 Å². The minimum absolute atomic E-state index is 0.0833. The van der Waals surface area contributed by atoms with Gasteiger partial charge in [-0.3, -0.25) is 4.79 Å². The molecule has 0 bridgehead atoms. The van der Waals surface area contributed by atoms with E-state index in [9.17, 15) is 18.0 Å². The molecule has 1 aromatic heterocycles. The Hall–Kier alpha value is -2.11. The number of nitrogens with zero attached hydrogens (tertiary/aromatic N) is 2. The molecule has 0 saturated carbocycles. The maximum Gasteiger partial charge on any atom is 0.418 e. The first-order valence-corrected chi connectivity index (χ1v) is 5.54. The van der Waals surface area contributed by atoms with Gasteiger partial charge in [-0.2, -0.15) is 18.3 Å². The maximum absolute atomic E-state index is 12.9. The highest BCUT2D eigenvalue weighted by Crippen LogP contribution is 2.34. The molecular weight excluding hydrogens is 257 g/mol. The summed E-state index contributed by atoms with van der Waals surface area (Å²) in [7, 11) is 0. The van der Waals surface area contributed by atoms with Gasteiger partial charge in [0.1, 0.15) is 0 Å². The maximum atomic E-state index is 12.9. The Morgan fingerprint density at radius 3 is 2.42 bits per heavy atom. The van der Waals surface area contributed by atoms with E-state index < -0.39 is 11.7 Å². The van der Waals surface area contributed by atoms with Crippen LogP contribution in [0, 0.1) is 6.92 Å². The largest absolute Gasteiger partial charge is 0.418 e. The van der Waals surface area contributed by atoms with Crippen molar-refractivity contribution < 1.29 is 18.0 Å². The van der Waals surface area contributed by atoms with E-state index in [0.717, 1.165) is 10.7 Å². The summed E-state index contributed by atoms with van der Waals surface area (Å²) in [4.78, 5) is 11.3. The van der Waals surface area contributed by atoms with E-state index in [0.29, 0.717) is 11.3 Å². The predicted molar refractivity (Wildman–Crippen MR) is 63.3 cm³/mol. The first-order valence-electron chi connectivity index (χ1n) is 5.54. The van der Waals surface area contributed by atoms with Gasteiger partial charge in [0.05, 0.1) is 28.7 Å².